The van der Waals surface area contributed by atoms with E-state index in [-0.39, 0.29) is 18.3 Å². The summed E-state index contributed by atoms with van der Waals surface area (Å²) in [6.45, 7) is 1.26. The Labute approximate surface area is 234 Å². The first-order chi connectivity index (χ1) is 19.4. The molecule has 1 aromatic heterocycles. The van der Waals surface area contributed by atoms with Gasteiger partial charge in [-0.15, -0.1) is 0 Å². The van der Waals surface area contributed by atoms with E-state index in [2.05, 4.69) is 24.3 Å². The molecule has 1 heterocycles. The number of aliphatic carboxylic acids is 2. The molecular formula is C34H35NO5. The second kappa shape index (κ2) is 12.2. The van der Waals surface area contributed by atoms with Crippen molar-refractivity contribution in [2.45, 2.75) is 51.5 Å². The fraction of sp³-hybridized carbons (Fsp3) is 0.294. The first kappa shape index (κ1) is 27.3. The number of nitrogens with zero attached hydrogens (tertiary/aromatic N) is 1. The zero-order valence-corrected chi connectivity index (χ0v) is 22.6. The monoisotopic (exact) mass is 537 g/mol. The van der Waals surface area contributed by atoms with Crippen LogP contribution in [0, 0.1) is 5.41 Å². The van der Waals surface area contributed by atoms with Crippen molar-refractivity contribution in [3.05, 3.63) is 101 Å². The standard InChI is InChI=1S/C34H35NO5/c36-31(37)21-28-23-35(24-34(18-19-34)22-32(38)39)30-11-6-10-27(33(28)30)15-12-26-13-16-29(17-14-26)40-20-5-4-9-25-7-2-1-3-8-25/h1-3,6-8,10-17,23H,4-5,9,18-22,24H2,(H,36,37)(H,38,39)/b15-12+. The molecule has 206 valence electrons. The lowest BCUT2D eigenvalue weighted by atomic mass is 10.0. The van der Waals surface area contributed by atoms with Gasteiger partial charge in [0.1, 0.15) is 5.75 Å². The van der Waals surface area contributed by atoms with Gasteiger partial charge in [-0.3, -0.25) is 9.59 Å². The summed E-state index contributed by atoms with van der Waals surface area (Å²) in [4.78, 5) is 23.0. The molecule has 1 aliphatic carbocycles. The number of carboxylic acid groups (broad SMARTS) is 2. The summed E-state index contributed by atoms with van der Waals surface area (Å²) in [6.07, 6.45) is 10.9. The van der Waals surface area contributed by atoms with Gasteiger partial charge in [0.2, 0.25) is 0 Å². The molecule has 4 aromatic rings. The Morgan fingerprint density at radius 2 is 1.65 bits per heavy atom. The van der Waals surface area contributed by atoms with Crippen molar-refractivity contribution < 1.29 is 24.5 Å². The molecule has 0 unspecified atom stereocenters. The second-order valence-corrected chi connectivity index (χ2v) is 10.9. The average molecular weight is 538 g/mol. The summed E-state index contributed by atoms with van der Waals surface area (Å²) in [5.74, 6) is -0.835. The van der Waals surface area contributed by atoms with Crippen LogP contribution in [-0.2, 0) is 29.0 Å². The third kappa shape index (κ3) is 7.00. The first-order valence-corrected chi connectivity index (χ1v) is 13.9. The van der Waals surface area contributed by atoms with Gasteiger partial charge < -0.3 is 19.5 Å². The van der Waals surface area contributed by atoms with E-state index in [1.165, 1.54) is 5.56 Å². The van der Waals surface area contributed by atoms with Crippen LogP contribution in [-0.4, -0.2) is 33.3 Å². The summed E-state index contributed by atoms with van der Waals surface area (Å²) in [6, 6.07) is 24.4. The van der Waals surface area contributed by atoms with Crippen molar-refractivity contribution >= 4 is 35.0 Å². The van der Waals surface area contributed by atoms with Gasteiger partial charge in [0.15, 0.2) is 0 Å². The number of benzene rings is 3. The Balaban J connectivity index is 1.25. The van der Waals surface area contributed by atoms with Crippen molar-refractivity contribution in [1.29, 1.82) is 0 Å². The number of fused-ring (bicyclic) bond motifs is 1. The summed E-state index contributed by atoms with van der Waals surface area (Å²) < 4.78 is 7.97. The Morgan fingerprint density at radius 3 is 2.35 bits per heavy atom. The summed E-state index contributed by atoms with van der Waals surface area (Å²) >= 11 is 0. The molecule has 1 fully saturated rings. The van der Waals surface area contributed by atoms with Crippen molar-refractivity contribution in [2.24, 2.45) is 5.41 Å². The average Bonchev–Trinajstić information content (AvgIpc) is 3.60. The van der Waals surface area contributed by atoms with Crippen molar-refractivity contribution in [3.63, 3.8) is 0 Å². The van der Waals surface area contributed by atoms with Crippen LogP contribution in [0.4, 0.5) is 0 Å². The minimum atomic E-state index is -0.889. The topological polar surface area (TPSA) is 88.8 Å². The lowest BCUT2D eigenvalue weighted by Crippen LogP contribution is -2.15. The molecule has 3 aromatic carbocycles. The number of rotatable bonds is 14. The van der Waals surface area contributed by atoms with Crippen LogP contribution in [0.5, 0.6) is 5.75 Å². The van der Waals surface area contributed by atoms with E-state index < -0.39 is 11.9 Å². The lowest BCUT2D eigenvalue weighted by molar-refractivity contribution is -0.138. The summed E-state index contributed by atoms with van der Waals surface area (Å²) in [5, 5.41) is 19.8. The predicted octanol–water partition coefficient (Wildman–Crippen LogP) is 7.10. The largest absolute Gasteiger partial charge is 0.494 e. The van der Waals surface area contributed by atoms with Gasteiger partial charge in [0.05, 0.1) is 19.4 Å². The molecule has 40 heavy (non-hydrogen) atoms. The number of unbranched alkanes of at least 4 members (excludes halogenated alkanes) is 1. The van der Waals surface area contributed by atoms with Gasteiger partial charge in [0.25, 0.3) is 0 Å². The fourth-order valence-electron chi connectivity index (χ4n) is 5.41. The number of carboxylic acids is 2. The van der Waals surface area contributed by atoms with Crippen LogP contribution >= 0.6 is 0 Å². The van der Waals surface area contributed by atoms with Crippen LogP contribution in [0.3, 0.4) is 0 Å². The Morgan fingerprint density at radius 1 is 0.875 bits per heavy atom. The molecule has 6 heteroatoms. The van der Waals surface area contributed by atoms with Gasteiger partial charge in [-0.1, -0.05) is 66.7 Å². The van der Waals surface area contributed by atoms with Gasteiger partial charge in [0, 0.05) is 23.6 Å². The third-order valence-corrected chi connectivity index (χ3v) is 7.65. The van der Waals surface area contributed by atoms with E-state index in [0.717, 1.165) is 65.4 Å². The highest BCUT2D eigenvalue weighted by molar-refractivity contribution is 5.96. The maximum absolute atomic E-state index is 11.6. The zero-order valence-electron chi connectivity index (χ0n) is 22.6. The lowest BCUT2D eigenvalue weighted by Gasteiger charge is -2.14. The van der Waals surface area contributed by atoms with Crippen molar-refractivity contribution in [2.75, 3.05) is 6.61 Å². The molecule has 0 radical (unpaired) electrons. The molecule has 0 atom stereocenters. The molecule has 0 amide bonds. The van der Waals surface area contributed by atoms with Gasteiger partial charge in [-0.2, -0.15) is 0 Å². The van der Waals surface area contributed by atoms with Crippen LogP contribution in [0.1, 0.15) is 54.4 Å². The second-order valence-electron chi connectivity index (χ2n) is 10.9. The highest BCUT2D eigenvalue weighted by Gasteiger charge is 2.45. The minimum absolute atomic E-state index is 0.0856. The predicted molar refractivity (Wildman–Crippen MR) is 157 cm³/mol. The molecule has 0 saturated heterocycles. The van der Waals surface area contributed by atoms with Gasteiger partial charge in [-0.05, 0) is 78.0 Å². The maximum atomic E-state index is 11.6. The smallest absolute Gasteiger partial charge is 0.307 e. The number of ether oxygens (including phenoxy) is 1. The Hall–Kier alpha value is -4.32. The van der Waals surface area contributed by atoms with Crippen LogP contribution < -0.4 is 4.74 Å². The zero-order chi connectivity index (χ0) is 28.0. The Bertz CT molecular complexity index is 1500. The minimum Gasteiger partial charge on any atom is -0.494 e. The molecule has 0 spiro atoms. The molecule has 0 aliphatic heterocycles. The number of hydrogen-bond donors (Lipinski definition) is 2. The van der Waals surface area contributed by atoms with Crippen LogP contribution in [0.2, 0.25) is 0 Å². The molecule has 2 N–H and O–H groups in total. The third-order valence-electron chi connectivity index (χ3n) is 7.65. The van der Waals surface area contributed by atoms with Gasteiger partial charge >= 0.3 is 11.9 Å². The van der Waals surface area contributed by atoms with E-state index in [0.29, 0.717) is 13.2 Å². The maximum Gasteiger partial charge on any atom is 0.307 e. The fourth-order valence-corrected chi connectivity index (χ4v) is 5.41. The molecule has 0 bridgehead atoms. The number of aromatic nitrogens is 1. The van der Waals surface area contributed by atoms with Crippen LogP contribution in [0.25, 0.3) is 23.1 Å². The highest BCUT2D eigenvalue weighted by Crippen LogP contribution is 2.51. The molecule has 5 rings (SSSR count). The molecule has 1 aliphatic rings. The first-order valence-electron chi connectivity index (χ1n) is 13.9. The SMILES string of the molecule is O=C(O)Cc1cn(CC2(CC(=O)O)CC2)c2cccc(/C=C/c3ccc(OCCCCc4ccccc4)cc3)c12. The molecular weight excluding hydrogens is 502 g/mol. The van der Waals surface area contributed by atoms with E-state index in [1.54, 1.807) is 0 Å². The highest BCUT2D eigenvalue weighted by atomic mass is 16.5. The van der Waals surface area contributed by atoms with E-state index in [9.17, 15) is 19.8 Å². The van der Waals surface area contributed by atoms with E-state index in [1.807, 2.05) is 71.4 Å². The molecule has 6 nitrogen and oxygen atoms in total. The number of carbonyl (C=O) groups is 2. The van der Waals surface area contributed by atoms with Crippen molar-refractivity contribution in [3.8, 4) is 5.75 Å². The Kier molecular flexibility index (Phi) is 8.34. The van der Waals surface area contributed by atoms with Crippen LogP contribution in [0.15, 0.2) is 79.0 Å². The van der Waals surface area contributed by atoms with Gasteiger partial charge in [-0.25, -0.2) is 0 Å². The van der Waals surface area contributed by atoms with E-state index in [4.69, 9.17) is 4.74 Å². The quantitative estimate of drug-likeness (QED) is 0.132. The number of aryl methyl sites for hydroxylation is 1. The van der Waals surface area contributed by atoms with E-state index >= 15 is 0 Å². The summed E-state index contributed by atoms with van der Waals surface area (Å²) in [5.41, 5.74) is 4.75. The summed E-state index contributed by atoms with van der Waals surface area (Å²) in [7, 11) is 0. The van der Waals surface area contributed by atoms with Crippen molar-refractivity contribution in [1.82, 2.24) is 4.57 Å². The normalized spacial score (nSPS) is 14.0. The molecule has 1 saturated carbocycles. The number of hydrogen-bond acceptors (Lipinski definition) is 3.